The number of carbonyl (C=O) groups excluding carboxylic acids is 1. The molecule has 1 atom stereocenters. The Labute approximate surface area is 200 Å². The number of β-amino-alcohol motifs (C(OH)–C–C–N with tert-alkyl or cyclic N) is 1. The van der Waals surface area contributed by atoms with Crippen LogP contribution in [0.1, 0.15) is 37.8 Å². The van der Waals surface area contributed by atoms with Crippen molar-refractivity contribution in [2.24, 2.45) is 0 Å². The largest absolute Gasteiger partial charge is 0.395 e. The summed E-state index contributed by atoms with van der Waals surface area (Å²) in [6.45, 7) is 5.14. The van der Waals surface area contributed by atoms with Gasteiger partial charge in [-0.15, -0.1) is 0 Å². The number of pyridine rings is 1. The maximum atomic E-state index is 12.5. The van der Waals surface area contributed by atoms with Crippen LogP contribution in [0.5, 0.6) is 0 Å². The van der Waals surface area contributed by atoms with Gasteiger partial charge in [-0.05, 0) is 59.8 Å². The molecule has 2 N–H and O–H groups in total. The number of benzene rings is 1. The molecular weight excluding hydrogens is 486 g/mol. The van der Waals surface area contributed by atoms with E-state index in [0.717, 1.165) is 34.3 Å². The van der Waals surface area contributed by atoms with Crippen molar-refractivity contribution in [2.45, 2.75) is 44.6 Å². The molecule has 2 aliphatic rings. The number of rotatable bonds is 6. The molecule has 1 aliphatic carbocycles. The van der Waals surface area contributed by atoms with Gasteiger partial charge < -0.3 is 19.8 Å². The molecule has 1 aromatic carbocycles. The fraction of sp³-hybridized carbons (Fsp3) is 0.417. The lowest BCUT2D eigenvalue weighted by Gasteiger charge is -2.24. The molecule has 3 heterocycles. The van der Waals surface area contributed by atoms with Gasteiger partial charge in [0.2, 0.25) is 11.7 Å². The number of amides is 1. The fourth-order valence-electron chi connectivity index (χ4n) is 5.03. The minimum Gasteiger partial charge on any atom is -0.395 e. The summed E-state index contributed by atoms with van der Waals surface area (Å²) >= 11 is 3.56. The lowest BCUT2D eigenvalue weighted by Crippen LogP contribution is -2.32. The third-order valence-electron chi connectivity index (χ3n) is 6.49. The molecule has 0 unspecified atom stereocenters. The number of hydrogen-bond donors (Lipinski definition) is 2. The number of fused-ring (bicyclic) bond motifs is 2. The van der Waals surface area contributed by atoms with Gasteiger partial charge in [-0.2, -0.15) is 4.98 Å². The van der Waals surface area contributed by atoms with Crippen LogP contribution in [0, 0.1) is 0 Å². The van der Waals surface area contributed by atoms with Crippen molar-refractivity contribution >= 4 is 27.7 Å². The van der Waals surface area contributed by atoms with Crippen molar-refractivity contribution in [3.63, 3.8) is 0 Å². The third kappa shape index (κ3) is 3.93. The second-order valence-electron chi connectivity index (χ2n) is 9.10. The monoisotopic (exact) mass is 511 g/mol. The number of halogens is 1. The van der Waals surface area contributed by atoms with Gasteiger partial charge in [0.15, 0.2) is 0 Å². The molecule has 0 saturated carbocycles. The van der Waals surface area contributed by atoms with Gasteiger partial charge >= 0.3 is 0 Å². The smallest absolute Gasteiger partial charge is 0.259 e. The number of hydrogen-bond acceptors (Lipinski definition) is 7. The van der Waals surface area contributed by atoms with Crippen LogP contribution in [0.25, 0.3) is 22.8 Å². The van der Waals surface area contributed by atoms with Gasteiger partial charge in [-0.3, -0.25) is 4.79 Å². The number of aliphatic hydroxyl groups excluding tert-OH is 1. The lowest BCUT2D eigenvalue weighted by molar-refractivity contribution is -0.128. The van der Waals surface area contributed by atoms with E-state index in [0.29, 0.717) is 31.2 Å². The summed E-state index contributed by atoms with van der Waals surface area (Å²) in [4.78, 5) is 23.4. The molecule has 5 rings (SSSR count). The van der Waals surface area contributed by atoms with Gasteiger partial charge in [0.25, 0.3) is 5.89 Å². The van der Waals surface area contributed by atoms with Gasteiger partial charge in [0.1, 0.15) is 5.82 Å². The summed E-state index contributed by atoms with van der Waals surface area (Å²) in [6, 6.07) is 8.31. The SMILES string of the molecule is CC(C)Nc1ncc(-c2nc(-c3cccc4c3CC[C@]43CC(=O)N(CCO)C3)no2)cc1Br. The van der Waals surface area contributed by atoms with Crippen molar-refractivity contribution in [3.8, 4) is 22.8 Å². The minimum absolute atomic E-state index is 0.0141. The molecule has 9 heteroatoms. The van der Waals surface area contributed by atoms with Gasteiger partial charge in [-0.25, -0.2) is 4.98 Å². The number of aliphatic hydroxyl groups is 1. The molecule has 2 aromatic heterocycles. The highest BCUT2D eigenvalue weighted by Crippen LogP contribution is 2.48. The number of nitrogens with zero attached hydrogens (tertiary/aromatic N) is 4. The Morgan fingerprint density at radius 2 is 2.21 bits per heavy atom. The van der Waals surface area contributed by atoms with E-state index < -0.39 is 0 Å². The van der Waals surface area contributed by atoms with E-state index in [1.807, 2.05) is 18.2 Å². The molecule has 1 amide bonds. The first kappa shape index (κ1) is 22.0. The molecule has 33 heavy (non-hydrogen) atoms. The predicted molar refractivity (Wildman–Crippen MR) is 128 cm³/mol. The van der Waals surface area contributed by atoms with Crippen LogP contribution < -0.4 is 5.32 Å². The Balaban J connectivity index is 1.45. The molecule has 1 aliphatic heterocycles. The summed E-state index contributed by atoms with van der Waals surface area (Å²) in [5.74, 6) is 1.82. The second kappa shape index (κ2) is 8.53. The van der Waals surface area contributed by atoms with E-state index in [9.17, 15) is 9.90 Å². The van der Waals surface area contributed by atoms with Crippen LogP contribution in [-0.2, 0) is 16.6 Å². The summed E-state index contributed by atoms with van der Waals surface area (Å²) < 4.78 is 6.42. The Morgan fingerprint density at radius 1 is 1.36 bits per heavy atom. The third-order valence-corrected chi connectivity index (χ3v) is 7.09. The Morgan fingerprint density at radius 3 is 2.97 bits per heavy atom. The normalized spacial score (nSPS) is 19.7. The van der Waals surface area contributed by atoms with E-state index in [2.05, 4.69) is 56.3 Å². The summed E-state index contributed by atoms with van der Waals surface area (Å²) in [6.07, 6.45) is 3.96. The van der Waals surface area contributed by atoms with Gasteiger partial charge in [0, 0.05) is 42.7 Å². The Kier molecular flexibility index (Phi) is 5.70. The van der Waals surface area contributed by atoms with Crippen LogP contribution in [0.3, 0.4) is 0 Å². The van der Waals surface area contributed by atoms with Gasteiger partial charge in [-0.1, -0.05) is 23.4 Å². The predicted octanol–water partition coefficient (Wildman–Crippen LogP) is 3.79. The Hall–Kier alpha value is -2.78. The lowest BCUT2D eigenvalue weighted by atomic mass is 9.80. The molecule has 1 saturated heterocycles. The number of anilines is 1. The average Bonchev–Trinajstić information content (AvgIpc) is 3.48. The summed E-state index contributed by atoms with van der Waals surface area (Å²) in [5, 5.41) is 16.8. The van der Waals surface area contributed by atoms with Crippen molar-refractivity contribution in [2.75, 3.05) is 25.0 Å². The topological polar surface area (TPSA) is 104 Å². The highest BCUT2D eigenvalue weighted by molar-refractivity contribution is 9.10. The Bertz CT molecular complexity index is 1210. The molecule has 1 spiro atoms. The first-order chi connectivity index (χ1) is 15.9. The zero-order valence-electron chi connectivity index (χ0n) is 18.6. The summed E-state index contributed by atoms with van der Waals surface area (Å²) in [7, 11) is 0. The molecule has 172 valence electrons. The van der Waals surface area contributed by atoms with Crippen LogP contribution in [-0.4, -0.2) is 56.8 Å². The van der Waals surface area contributed by atoms with Crippen LogP contribution in [0.15, 0.2) is 39.5 Å². The first-order valence-corrected chi connectivity index (χ1v) is 12.0. The van der Waals surface area contributed by atoms with E-state index in [1.54, 1.807) is 11.1 Å². The average molecular weight is 512 g/mol. The van der Waals surface area contributed by atoms with E-state index in [4.69, 9.17) is 4.52 Å². The second-order valence-corrected chi connectivity index (χ2v) is 9.96. The fourth-order valence-corrected chi connectivity index (χ4v) is 5.49. The van der Waals surface area contributed by atoms with Crippen molar-refractivity contribution in [3.05, 3.63) is 46.1 Å². The first-order valence-electron chi connectivity index (χ1n) is 11.2. The highest BCUT2D eigenvalue weighted by Gasteiger charge is 2.48. The van der Waals surface area contributed by atoms with Crippen molar-refractivity contribution in [1.29, 1.82) is 0 Å². The number of likely N-dealkylation sites (tertiary alicyclic amines) is 1. The molecule has 1 fully saturated rings. The van der Waals surface area contributed by atoms with Crippen LogP contribution in [0.4, 0.5) is 5.82 Å². The van der Waals surface area contributed by atoms with E-state index in [1.165, 1.54) is 11.1 Å². The zero-order valence-corrected chi connectivity index (χ0v) is 20.2. The van der Waals surface area contributed by atoms with E-state index >= 15 is 0 Å². The van der Waals surface area contributed by atoms with Crippen LogP contribution >= 0.6 is 15.9 Å². The van der Waals surface area contributed by atoms with Crippen molar-refractivity contribution < 1.29 is 14.4 Å². The molecule has 8 nitrogen and oxygen atoms in total. The van der Waals surface area contributed by atoms with Crippen LogP contribution in [0.2, 0.25) is 0 Å². The zero-order chi connectivity index (χ0) is 23.2. The van der Waals surface area contributed by atoms with E-state index in [-0.39, 0.29) is 24.0 Å². The number of carbonyl (C=O) groups is 1. The standard InChI is InChI=1S/C24H26BrN5O3/c1-14(2)27-22-19(25)10-15(12-26-22)23-28-21(29-33-23)17-4-3-5-18-16(17)6-7-24(18)11-20(32)30(13-24)8-9-31/h3-5,10,12,14,31H,6-9,11,13H2,1-2H3,(H,26,27)/t24-/m1/s1. The number of aromatic nitrogens is 3. The molecular formula is C24H26BrN5O3. The van der Waals surface area contributed by atoms with Crippen molar-refractivity contribution in [1.82, 2.24) is 20.0 Å². The maximum Gasteiger partial charge on any atom is 0.259 e. The maximum absolute atomic E-state index is 12.5. The quantitative estimate of drug-likeness (QED) is 0.518. The minimum atomic E-state index is -0.196. The molecule has 0 bridgehead atoms. The molecule has 3 aromatic rings. The summed E-state index contributed by atoms with van der Waals surface area (Å²) in [5.41, 5.74) is 3.85. The molecule has 0 radical (unpaired) electrons. The number of nitrogens with one attached hydrogen (secondary N) is 1. The van der Waals surface area contributed by atoms with Gasteiger partial charge in [0.05, 0.1) is 16.6 Å². The highest BCUT2D eigenvalue weighted by atomic mass is 79.9.